The molecule has 0 bridgehead atoms. The Balaban J connectivity index is 0.000000198. The van der Waals surface area contributed by atoms with Crippen LogP contribution in [-0.2, 0) is 62.3 Å². The van der Waals surface area contributed by atoms with Crippen LogP contribution in [0.2, 0.25) is 0 Å². The summed E-state index contributed by atoms with van der Waals surface area (Å²) in [6.07, 6.45) is -14.9. The first-order chi connectivity index (χ1) is 43.4. The molecule has 9 aromatic rings. The van der Waals surface area contributed by atoms with Crippen molar-refractivity contribution in [1.29, 1.82) is 0 Å². The molecule has 0 radical (unpaired) electrons. The lowest BCUT2D eigenvalue weighted by molar-refractivity contribution is -0.142. The Morgan fingerprint density at radius 1 is 0.333 bits per heavy atom. The van der Waals surface area contributed by atoms with Crippen LogP contribution < -0.4 is 0 Å². The molecule has 0 aliphatic rings. The summed E-state index contributed by atoms with van der Waals surface area (Å²) in [6, 6.07) is 40.6. The summed E-state index contributed by atoms with van der Waals surface area (Å²) in [5, 5.41) is 0. The number of carbonyl (C=O) groups is 3. The van der Waals surface area contributed by atoms with Gasteiger partial charge in [0.05, 0.1) is 84.5 Å². The molecule has 486 valence electrons. The molecule has 0 fully saturated rings. The van der Waals surface area contributed by atoms with Crippen LogP contribution in [0.15, 0.2) is 198 Å². The van der Waals surface area contributed by atoms with Crippen molar-refractivity contribution < 1.29 is 93.4 Å². The summed E-state index contributed by atoms with van der Waals surface area (Å²) < 4.78 is 217. The van der Waals surface area contributed by atoms with E-state index in [0.717, 1.165) is 38.0 Å². The van der Waals surface area contributed by atoms with E-state index in [1.54, 1.807) is 112 Å². The molecule has 3 N–H and O–H groups in total. The number of ether oxygens (including phenoxy) is 3. The molecular weight excluding hydrogens is 1290 g/mol. The standard InChI is InChI=1S/3C22H18F3NO4S/c3*1-13-9-11-16(12-10-13)31(28,29)14(2)17-18(21(27)30-3)20(22(23,24)25)26-19(17)15-7-5-4-6-8-15/h3*4-12,26H,2H2,1,3H3. The van der Waals surface area contributed by atoms with Crippen LogP contribution in [0.25, 0.3) is 48.5 Å². The molecule has 0 spiro atoms. The van der Waals surface area contributed by atoms with Gasteiger partial charge in [0.2, 0.25) is 29.5 Å². The fourth-order valence-corrected chi connectivity index (χ4v) is 13.1. The van der Waals surface area contributed by atoms with Crippen molar-refractivity contribution in [3.8, 4) is 33.8 Å². The molecular formula is C66H54F9N3O12S3. The third-order valence-corrected chi connectivity index (χ3v) is 19.2. The third-order valence-electron chi connectivity index (χ3n) is 14.0. The number of hydrogen-bond donors (Lipinski definition) is 3. The Kier molecular flexibility index (Phi) is 20.8. The minimum absolute atomic E-state index is 0.160. The first kappa shape index (κ1) is 70.5. The highest BCUT2D eigenvalue weighted by Gasteiger charge is 2.46. The van der Waals surface area contributed by atoms with Gasteiger partial charge in [0.15, 0.2) is 0 Å². The molecule has 0 aliphatic heterocycles. The van der Waals surface area contributed by atoms with E-state index in [9.17, 15) is 79.2 Å². The number of halogens is 9. The predicted octanol–water partition coefficient (Wildman–Crippen LogP) is 15.7. The summed E-state index contributed by atoms with van der Waals surface area (Å²) in [7, 11) is -10.2. The molecule has 3 aromatic heterocycles. The lowest BCUT2D eigenvalue weighted by atomic mass is 10.0. The van der Waals surface area contributed by atoms with E-state index in [4.69, 9.17) is 0 Å². The predicted molar refractivity (Wildman–Crippen MR) is 330 cm³/mol. The van der Waals surface area contributed by atoms with E-state index in [2.05, 4.69) is 48.9 Å². The molecule has 6 aromatic carbocycles. The number of aryl methyl sites for hydroxylation is 3. The Hall–Kier alpha value is -9.99. The van der Waals surface area contributed by atoms with Gasteiger partial charge < -0.3 is 29.2 Å². The molecule has 93 heavy (non-hydrogen) atoms. The molecule has 0 unspecified atom stereocenters. The Morgan fingerprint density at radius 3 is 0.699 bits per heavy atom. The van der Waals surface area contributed by atoms with E-state index < -0.39 is 131 Å². The molecule has 9 rings (SSSR count). The van der Waals surface area contributed by atoms with Crippen LogP contribution in [0, 0.1) is 20.8 Å². The SMILES string of the molecule is C=C(c1c(-c2ccccc2)[nH]c(C(F)(F)F)c1C(=O)OC)S(=O)(=O)c1ccc(C)cc1.C=C(c1c(-c2ccccc2)[nH]c(C(F)(F)F)c1C(=O)OC)S(=O)(=O)c1ccc(C)cc1.C=C(c1c(-c2ccccc2)[nH]c(C(F)(F)F)c1C(=O)OC)S(=O)(=O)c1ccc(C)cc1. The highest BCUT2D eigenvalue weighted by molar-refractivity contribution is 8.01. The highest BCUT2D eigenvalue weighted by atomic mass is 32.2. The van der Waals surface area contributed by atoms with Gasteiger partial charge in [-0.3, -0.25) is 0 Å². The summed E-state index contributed by atoms with van der Waals surface area (Å²) in [4.78, 5) is 41.3. The van der Waals surface area contributed by atoms with Gasteiger partial charge in [0.1, 0.15) is 17.1 Å². The summed E-state index contributed by atoms with van der Waals surface area (Å²) >= 11 is 0. The number of aromatic nitrogens is 3. The molecule has 0 saturated heterocycles. The number of hydrogen-bond acceptors (Lipinski definition) is 12. The molecule has 0 atom stereocenters. The van der Waals surface area contributed by atoms with Gasteiger partial charge in [0.25, 0.3) is 0 Å². The van der Waals surface area contributed by atoms with Crippen LogP contribution in [0.5, 0.6) is 0 Å². The molecule has 0 aliphatic carbocycles. The fraction of sp³-hybridized carbons (Fsp3) is 0.136. The smallest absolute Gasteiger partial charge is 0.432 e. The monoisotopic (exact) mass is 1350 g/mol. The Morgan fingerprint density at radius 2 is 0.527 bits per heavy atom. The van der Waals surface area contributed by atoms with Gasteiger partial charge in [-0.25, -0.2) is 39.6 Å². The quantitative estimate of drug-likeness (QED) is 0.0495. The van der Waals surface area contributed by atoms with Crippen molar-refractivity contribution >= 4 is 62.1 Å². The number of carbonyl (C=O) groups excluding carboxylic acids is 3. The zero-order valence-corrected chi connectivity index (χ0v) is 52.2. The topological polar surface area (TPSA) is 229 Å². The van der Waals surface area contributed by atoms with Crippen LogP contribution >= 0.6 is 0 Å². The van der Waals surface area contributed by atoms with Gasteiger partial charge in [-0.15, -0.1) is 0 Å². The number of esters is 3. The van der Waals surface area contributed by atoms with E-state index in [1.165, 1.54) is 72.8 Å². The number of aromatic amines is 3. The van der Waals surface area contributed by atoms with Crippen molar-refractivity contribution in [2.24, 2.45) is 0 Å². The number of H-pyrrole nitrogens is 3. The van der Waals surface area contributed by atoms with Crippen LogP contribution in [0.4, 0.5) is 39.5 Å². The van der Waals surface area contributed by atoms with Crippen molar-refractivity contribution in [3.05, 3.63) is 251 Å². The molecule has 0 saturated carbocycles. The molecule has 0 amide bonds. The molecule has 15 nitrogen and oxygen atoms in total. The van der Waals surface area contributed by atoms with Gasteiger partial charge in [0, 0.05) is 16.7 Å². The normalized spacial score (nSPS) is 11.9. The van der Waals surface area contributed by atoms with Gasteiger partial charge in [-0.2, -0.15) is 39.5 Å². The maximum absolute atomic E-state index is 13.8. The summed E-state index contributed by atoms with van der Waals surface area (Å²) in [5.41, 5.74) is -5.94. The zero-order valence-electron chi connectivity index (χ0n) is 49.7. The second kappa shape index (κ2) is 27.5. The largest absolute Gasteiger partial charge is 0.465 e. The van der Waals surface area contributed by atoms with E-state index in [1.807, 2.05) is 0 Å². The highest BCUT2D eigenvalue weighted by Crippen LogP contribution is 2.47. The first-order valence-corrected chi connectivity index (χ1v) is 31.3. The Bertz CT molecular complexity index is 4200. The number of sulfone groups is 3. The summed E-state index contributed by atoms with van der Waals surface area (Å²) in [5.74, 6) is -4.00. The van der Waals surface area contributed by atoms with Gasteiger partial charge in [-0.1, -0.05) is 164 Å². The van der Waals surface area contributed by atoms with E-state index in [0.29, 0.717) is 0 Å². The number of alkyl halides is 9. The average Bonchev–Trinajstić information content (AvgIpc) is 1.63. The second-order valence-corrected chi connectivity index (χ2v) is 26.1. The van der Waals surface area contributed by atoms with Gasteiger partial charge >= 0.3 is 36.4 Å². The van der Waals surface area contributed by atoms with Crippen LogP contribution in [0.1, 0.15) is 81.5 Å². The molecule has 27 heteroatoms. The Labute approximate surface area is 527 Å². The maximum atomic E-state index is 13.8. The second-order valence-electron chi connectivity index (χ2n) is 20.2. The first-order valence-electron chi connectivity index (χ1n) is 26.9. The van der Waals surface area contributed by atoms with Gasteiger partial charge in [-0.05, 0) is 73.9 Å². The molecule has 3 heterocycles. The summed E-state index contributed by atoms with van der Waals surface area (Å²) in [6.45, 7) is 16.0. The minimum atomic E-state index is -4.97. The fourth-order valence-electron chi connectivity index (χ4n) is 9.34. The lowest BCUT2D eigenvalue weighted by Gasteiger charge is -2.12. The number of methoxy groups -OCH3 is 3. The van der Waals surface area contributed by atoms with Crippen LogP contribution in [-0.4, -0.2) is 79.4 Å². The van der Waals surface area contributed by atoms with E-state index in [-0.39, 0.29) is 48.5 Å². The lowest BCUT2D eigenvalue weighted by Crippen LogP contribution is -2.15. The third kappa shape index (κ3) is 14.9. The maximum Gasteiger partial charge on any atom is 0.432 e. The minimum Gasteiger partial charge on any atom is -0.465 e. The van der Waals surface area contributed by atoms with Crippen molar-refractivity contribution in [3.63, 3.8) is 0 Å². The van der Waals surface area contributed by atoms with E-state index >= 15 is 0 Å². The zero-order chi connectivity index (χ0) is 68.9. The number of nitrogens with one attached hydrogen (secondary N) is 3. The van der Waals surface area contributed by atoms with Crippen molar-refractivity contribution in [2.75, 3.05) is 21.3 Å². The van der Waals surface area contributed by atoms with Crippen molar-refractivity contribution in [2.45, 2.75) is 54.0 Å². The average molecular weight is 1350 g/mol. The van der Waals surface area contributed by atoms with Crippen LogP contribution in [0.3, 0.4) is 0 Å². The van der Waals surface area contributed by atoms with Crippen molar-refractivity contribution in [1.82, 2.24) is 15.0 Å². The number of benzene rings is 6. The number of rotatable bonds is 15.